The van der Waals surface area contributed by atoms with E-state index in [1.807, 2.05) is 0 Å². The summed E-state index contributed by atoms with van der Waals surface area (Å²) < 4.78 is 10.6. The van der Waals surface area contributed by atoms with Gasteiger partial charge in [-0.3, -0.25) is 14.4 Å². The van der Waals surface area contributed by atoms with Crippen LogP contribution in [0.4, 0.5) is 0 Å². The number of rotatable bonds is 7. The number of hydrogen-bond donors (Lipinski definition) is 1. The zero-order chi connectivity index (χ0) is 20.8. The quantitative estimate of drug-likeness (QED) is 0.740. The number of methoxy groups -OCH3 is 1. The molecule has 1 aromatic rings. The molecule has 8 heteroatoms. The van der Waals surface area contributed by atoms with Gasteiger partial charge in [0.25, 0.3) is 5.91 Å². The van der Waals surface area contributed by atoms with E-state index in [1.165, 1.54) is 0 Å². The molecule has 2 fully saturated rings. The zero-order valence-electron chi connectivity index (χ0n) is 16.7. The molecule has 29 heavy (non-hydrogen) atoms. The molecule has 158 valence electrons. The third-order valence-corrected chi connectivity index (χ3v) is 5.58. The van der Waals surface area contributed by atoms with Gasteiger partial charge in [-0.1, -0.05) is 12.1 Å². The summed E-state index contributed by atoms with van der Waals surface area (Å²) in [6.45, 7) is 2.51. The molecule has 2 amide bonds. The molecule has 0 saturated carbocycles. The number of piperazine rings is 1. The van der Waals surface area contributed by atoms with Crippen molar-refractivity contribution in [1.82, 2.24) is 9.80 Å². The number of amides is 2. The second kappa shape index (κ2) is 9.73. The van der Waals surface area contributed by atoms with Crippen molar-refractivity contribution in [2.24, 2.45) is 0 Å². The fraction of sp³-hybridized carbons (Fsp3) is 0.571. The van der Waals surface area contributed by atoms with E-state index in [4.69, 9.17) is 9.47 Å². The molecule has 2 heterocycles. The normalized spacial score (nSPS) is 20.4. The Morgan fingerprint density at radius 3 is 2.31 bits per heavy atom. The number of aliphatic carboxylic acids is 1. The molecule has 0 radical (unpaired) electrons. The van der Waals surface area contributed by atoms with Gasteiger partial charge in [0.2, 0.25) is 5.91 Å². The minimum atomic E-state index is -0.939. The average molecular weight is 404 g/mol. The molecule has 1 N–H and O–H groups in total. The van der Waals surface area contributed by atoms with Gasteiger partial charge in [-0.25, -0.2) is 0 Å². The van der Waals surface area contributed by atoms with E-state index in [0.717, 1.165) is 18.4 Å². The minimum Gasteiger partial charge on any atom is -0.497 e. The lowest BCUT2D eigenvalue weighted by molar-refractivity contribution is -0.146. The smallest absolute Gasteiger partial charge is 0.303 e. The Kier molecular flexibility index (Phi) is 7.09. The summed E-state index contributed by atoms with van der Waals surface area (Å²) in [7, 11) is 1.57. The third-order valence-electron chi connectivity index (χ3n) is 5.58. The molecule has 2 aliphatic heterocycles. The number of carbonyl (C=O) groups is 3. The number of carboxylic acids is 1. The van der Waals surface area contributed by atoms with Crippen molar-refractivity contribution in [3.05, 3.63) is 29.8 Å². The second-order valence-electron chi connectivity index (χ2n) is 7.48. The van der Waals surface area contributed by atoms with Crippen LogP contribution < -0.4 is 4.74 Å². The first-order valence-electron chi connectivity index (χ1n) is 10.0. The van der Waals surface area contributed by atoms with Crippen molar-refractivity contribution in [2.45, 2.75) is 37.7 Å². The van der Waals surface area contributed by atoms with Crippen LogP contribution >= 0.6 is 0 Å². The third kappa shape index (κ3) is 5.47. The highest BCUT2D eigenvalue weighted by Crippen LogP contribution is 2.27. The molecule has 2 saturated heterocycles. The summed E-state index contributed by atoms with van der Waals surface area (Å²) >= 11 is 0. The van der Waals surface area contributed by atoms with E-state index in [0.29, 0.717) is 38.5 Å². The topological polar surface area (TPSA) is 96.4 Å². The predicted molar refractivity (Wildman–Crippen MR) is 105 cm³/mol. The van der Waals surface area contributed by atoms with Gasteiger partial charge < -0.3 is 24.4 Å². The van der Waals surface area contributed by atoms with Crippen LogP contribution in [0.25, 0.3) is 0 Å². The van der Waals surface area contributed by atoms with E-state index in [-0.39, 0.29) is 30.8 Å². The summed E-state index contributed by atoms with van der Waals surface area (Å²) in [5, 5.41) is 9.26. The van der Waals surface area contributed by atoms with Gasteiger partial charge in [0.1, 0.15) is 11.9 Å². The Morgan fingerprint density at radius 1 is 1.10 bits per heavy atom. The van der Waals surface area contributed by atoms with Gasteiger partial charge in [-0.15, -0.1) is 0 Å². The number of nitrogens with zero attached hydrogens (tertiary/aromatic N) is 2. The second-order valence-corrected chi connectivity index (χ2v) is 7.48. The Bertz CT molecular complexity index is 721. The predicted octanol–water partition coefficient (Wildman–Crippen LogP) is 1.49. The number of ether oxygens (including phenoxy) is 2. The Balaban J connectivity index is 1.56. The van der Waals surface area contributed by atoms with Crippen LogP contribution in [-0.4, -0.2) is 78.7 Å². The summed E-state index contributed by atoms with van der Waals surface area (Å²) in [5.74, 6) is -0.739. The molecule has 0 aliphatic carbocycles. The maximum atomic E-state index is 12.8. The molecule has 2 unspecified atom stereocenters. The van der Waals surface area contributed by atoms with Gasteiger partial charge in [-0.2, -0.15) is 0 Å². The summed E-state index contributed by atoms with van der Waals surface area (Å²) in [4.78, 5) is 40.0. The molecule has 0 bridgehead atoms. The van der Waals surface area contributed by atoms with Crippen LogP contribution in [0.15, 0.2) is 24.3 Å². The molecule has 0 aromatic heterocycles. The van der Waals surface area contributed by atoms with Crippen LogP contribution in [0.1, 0.15) is 37.2 Å². The minimum absolute atomic E-state index is 0.0107. The van der Waals surface area contributed by atoms with Crippen molar-refractivity contribution < 1.29 is 29.0 Å². The van der Waals surface area contributed by atoms with Crippen LogP contribution in [0.5, 0.6) is 5.75 Å². The highest BCUT2D eigenvalue weighted by molar-refractivity contribution is 5.82. The standard InChI is InChI=1S/C21H28N2O6/c1-28-17-6-4-15(5-7-17)16(14-20(25)26)13-19(24)22-8-10-23(11-9-22)21(27)18-3-2-12-29-18/h4-7,16,18H,2-3,8-14H2,1H3,(H,25,26). The fourth-order valence-electron chi connectivity index (χ4n) is 3.89. The number of carbonyl (C=O) groups excluding carboxylic acids is 2. The van der Waals surface area contributed by atoms with E-state index >= 15 is 0 Å². The van der Waals surface area contributed by atoms with Crippen molar-refractivity contribution in [3.8, 4) is 5.75 Å². The first kappa shape index (κ1) is 21.1. The first-order chi connectivity index (χ1) is 14.0. The van der Waals surface area contributed by atoms with E-state index in [2.05, 4.69) is 0 Å². The van der Waals surface area contributed by atoms with Crippen LogP contribution in [0.3, 0.4) is 0 Å². The molecule has 2 atom stereocenters. The lowest BCUT2D eigenvalue weighted by Gasteiger charge is -2.36. The maximum Gasteiger partial charge on any atom is 0.303 e. The number of hydrogen-bond acceptors (Lipinski definition) is 5. The average Bonchev–Trinajstić information content (AvgIpc) is 3.27. The molecular weight excluding hydrogens is 376 g/mol. The number of benzene rings is 1. The summed E-state index contributed by atoms with van der Waals surface area (Å²) in [5.41, 5.74) is 0.800. The summed E-state index contributed by atoms with van der Waals surface area (Å²) in [6, 6.07) is 7.14. The molecule has 0 spiro atoms. The van der Waals surface area contributed by atoms with E-state index < -0.39 is 11.9 Å². The fourth-order valence-corrected chi connectivity index (χ4v) is 3.89. The largest absolute Gasteiger partial charge is 0.497 e. The zero-order valence-corrected chi connectivity index (χ0v) is 16.7. The highest BCUT2D eigenvalue weighted by Gasteiger charge is 2.32. The SMILES string of the molecule is COc1ccc(C(CC(=O)O)CC(=O)N2CCN(C(=O)C3CCCO3)CC2)cc1. The molecule has 1 aromatic carbocycles. The van der Waals surface area contributed by atoms with Gasteiger partial charge >= 0.3 is 5.97 Å². The van der Waals surface area contributed by atoms with Crippen molar-refractivity contribution in [1.29, 1.82) is 0 Å². The lowest BCUT2D eigenvalue weighted by atomic mass is 9.91. The Morgan fingerprint density at radius 2 is 1.76 bits per heavy atom. The Labute approximate surface area is 170 Å². The van der Waals surface area contributed by atoms with E-state index in [9.17, 15) is 19.5 Å². The lowest BCUT2D eigenvalue weighted by Crippen LogP contribution is -2.53. The molecule has 8 nitrogen and oxygen atoms in total. The van der Waals surface area contributed by atoms with Gasteiger partial charge in [0.05, 0.1) is 13.5 Å². The van der Waals surface area contributed by atoms with Crippen LogP contribution in [0, 0.1) is 0 Å². The highest BCUT2D eigenvalue weighted by atomic mass is 16.5. The molecule has 2 aliphatic rings. The van der Waals surface area contributed by atoms with E-state index in [1.54, 1.807) is 41.2 Å². The maximum absolute atomic E-state index is 12.8. The van der Waals surface area contributed by atoms with Crippen molar-refractivity contribution >= 4 is 17.8 Å². The molecule has 3 rings (SSSR count). The monoisotopic (exact) mass is 404 g/mol. The summed E-state index contributed by atoms with van der Waals surface area (Å²) in [6.07, 6.45) is 1.34. The van der Waals surface area contributed by atoms with Gasteiger partial charge in [0, 0.05) is 45.1 Å². The molecular formula is C21H28N2O6. The Hall–Kier alpha value is -2.61. The van der Waals surface area contributed by atoms with Gasteiger partial charge in [0.15, 0.2) is 0 Å². The van der Waals surface area contributed by atoms with Gasteiger partial charge in [-0.05, 0) is 30.5 Å². The van der Waals surface area contributed by atoms with Crippen molar-refractivity contribution in [2.75, 3.05) is 39.9 Å². The first-order valence-corrected chi connectivity index (χ1v) is 10.0. The number of carboxylic acid groups (broad SMARTS) is 1. The van der Waals surface area contributed by atoms with Crippen LogP contribution in [0.2, 0.25) is 0 Å². The van der Waals surface area contributed by atoms with Crippen LogP contribution in [-0.2, 0) is 19.1 Å². The van der Waals surface area contributed by atoms with Crippen molar-refractivity contribution in [3.63, 3.8) is 0 Å².